The highest BCUT2D eigenvalue weighted by molar-refractivity contribution is 5.52. The first-order valence-corrected chi connectivity index (χ1v) is 5.66. The van der Waals surface area contributed by atoms with Crippen LogP contribution in [0.2, 0.25) is 0 Å². The number of hydrogen-bond acceptors (Lipinski definition) is 4. The Kier molecular flexibility index (Phi) is 2.09. The van der Waals surface area contributed by atoms with Gasteiger partial charge in [0.1, 0.15) is 12.1 Å². The predicted molar refractivity (Wildman–Crippen MR) is 58.8 cm³/mol. The van der Waals surface area contributed by atoms with Gasteiger partial charge < -0.3 is 10.6 Å². The molecule has 3 rings (SSSR count). The Balaban J connectivity index is 1.84. The molecule has 2 heterocycles. The Bertz CT molecular complexity index is 371. The van der Waals surface area contributed by atoms with Crippen LogP contribution in [0.3, 0.4) is 0 Å². The second-order valence-corrected chi connectivity index (χ2v) is 4.48. The monoisotopic (exact) mass is 204 g/mol. The van der Waals surface area contributed by atoms with Crippen LogP contribution in [0.4, 0.5) is 5.82 Å². The number of fused-ring (bicyclic) bond motifs is 1. The highest BCUT2D eigenvalue weighted by Crippen LogP contribution is 2.31. The van der Waals surface area contributed by atoms with E-state index in [0.29, 0.717) is 5.92 Å². The van der Waals surface area contributed by atoms with Crippen molar-refractivity contribution in [3.05, 3.63) is 17.6 Å². The molecule has 1 aliphatic carbocycles. The van der Waals surface area contributed by atoms with Crippen molar-refractivity contribution < 1.29 is 0 Å². The molecule has 1 aliphatic heterocycles. The number of aryl methyl sites for hydroxylation is 1. The minimum absolute atomic E-state index is 0.664. The summed E-state index contributed by atoms with van der Waals surface area (Å²) < 4.78 is 0. The van der Waals surface area contributed by atoms with Gasteiger partial charge in [0, 0.05) is 30.3 Å². The lowest BCUT2D eigenvalue weighted by Crippen LogP contribution is -2.50. The van der Waals surface area contributed by atoms with Gasteiger partial charge in [-0.3, -0.25) is 0 Å². The number of rotatable bonds is 2. The molecular weight excluding hydrogens is 188 g/mol. The van der Waals surface area contributed by atoms with Crippen LogP contribution in [0.1, 0.15) is 17.7 Å². The van der Waals surface area contributed by atoms with Crippen LogP contribution >= 0.6 is 0 Å². The molecule has 2 aliphatic rings. The average Bonchev–Trinajstić information content (AvgIpc) is 2.64. The van der Waals surface area contributed by atoms with E-state index in [4.69, 9.17) is 5.73 Å². The predicted octanol–water partition coefficient (Wildman–Crippen LogP) is 0.360. The van der Waals surface area contributed by atoms with Gasteiger partial charge in [-0.2, -0.15) is 0 Å². The molecule has 1 saturated heterocycles. The minimum Gasteiger partial charge on any atom is -0.355 e. The van der Waals surface area contributed by atoms with E-state index in [0.717, 1.165) is 32.5 Å². The highest BCUT2D eigenvalue weighted by Gasteiger charge is 2.30. The second-order valence-electron chi connectivity index (χ2n) is 4.48. The molecule has 0 radical (unpaired) electrons. The molecule has 0 unspecified atom stereocenters. The molecule has 1 fully saturated rings. The molecule has 1 aromatic rings. The molecule has 15 heavy (non-hydrogen) atoms. The molecule has 80 valence electrons. The molecule has 0 amide bonds. The van der Waals surface area contributed by atoms with Crippen molar-refractivity contribution in [3.63, 3.8) is 0 Å². The topological polar surface area (TPSA) is 55.0 Å². The number of nitrogens with zero attached hydrogens (tertiary/aromatic N) is 3. The maximum absolute atomic E-state index is 5.63. The van der Waals surface area contributed by atoms with Crippen molar-refractivity contribution in [1.29, 1.82) is 0 Å². The number of hydrogen-bond donors (Lipinski definition) is 1. The molecule has 2 N–H and O–H groups in total. The van der Waals surface area contributed by atoms with Gasteiger partial charge in [0.25, 0.3) is 0 Å². The molecule has 0 spiro atoms. The fourth-order valence-corrected chi connectivity index (χ4v) is 2.51. The fraction of sp³-hybridized carbons (Fsp3) is 0.636. The van der Waals surface area contributed by atoms with Gasteiger partial charge in [0.05, 0.1) is 0 Å². The second kappa shape index (κ2) is 3.45. The van der Waals surface area contributed by atoms with E-state index in [1.165, 1.54) is 23.5 Å². The van der Waals surface area contributed by atoms with Crippen molar-refractivity contribution in [3.8, 4) is 0 Å². The molecular formula is C11H16N4. The summed E-state index contributed by atoms with van der Waals surface area (Å²) in [6.45, 7) is 2.93. The van der Waals surface area contributed by atoms with Crippen molar-refractivity contribution >= 4 is 5.82 Å². The summed E-state index contributed by atoms with van der Waals surface area (Å²) in [7, 11) is 0. The standard InChI is InChI=1S/C11H16N4/c12-4-8-5-15(6-8)11-9-2-1-3-10(9)13-7-14-11/h7-8H,1-6,12H2. The maximum Gasteiger partial charge on any atom is 0.135 e. The lowest BCUT2D eigenvalue weighted by atomic mass is 10.00. The zero-order valence-electron chi connectivity index (χ0n) is 8.82. The minimum atomic E-state index is 0.664. The van der Waals surface area contributed by atoms with Gasteiger partial charge in [-0.1, -0.05) is 0 Å². The van der Waals surface area contributed by atoms with Crippen LogP contribution in [-0.4, -0.2) is 29.6 Å². The molecule has 4 nitrogen and oxygen atoms in total. The summed E-state index contributed by atoms with van der Waals surface area (Å²) in [6.07, 6.45) is 5.21. The van der Waals surface area contributed by atoms with Crippen molar-refractivity contribution in [2.75, 3.05) is 24.5 Å². The Morgan fingerprint density at radius 1 is 1.33 bits per heavy atom. The Labute approximate surface area is 89.5 Å². The first-order valence-electron chi connectivity index (χ1n) is 5.66. The molecule has 0 atom stereocenters. The molecule has 0 saturated carbocycles. The van der Waals surface area contributed by atoms with E-state index in [1.54, 1.807) is 6.33 Å². The van der Waals surface area contributed by atoms with Gasteiger partial charge in [0.15, 0.2) is 0 Å². The van der Waals surface area contributed by atoms with E-state index in [9.17, 15) is 0 Å². The van der Waals surface area contributed by atoms with E-state index >= 15 is 0 Å². The third-order valence-corrected chi connectivity index (χ3v) is 3.44. The molecule has 0 bridgehead atoms. The third-order valence-electron chi connectivity index (χ3n) is 3.44. The SMILES string of the molecule is NCC1CN(c2ncnc3c2CCC3)C1. The summed E-state index contributed by atoms with van der Waals surface area (Å²) in [5, 5.41) is 0. The summed E-state index contributed by atoms with van der Waals surface area (Å²) in [6, 6.07) is 0. The van der Waals surface area contributed by atoms with E-state index in [1.807, 2.05) is 0 Å². The summed E-state index contributed by atoms with van der Waals surface area (Å²) in [5.74, 6) is 1.83. The Morgan fingerprint density at radius 2 is 2.20 bits per heavy atom. The summed E-state index contributed by atoms with van der Waals surface area (Å²) in [4.78, 5) is 11.1. The molecule has 4 heteroatoms. The Morgan fingerprint density at radius 3 is 3.00 bits per heavy atom. The van der Waals surface area contributed by atoms with Crippen LogP contribution in [0, 0.1) is 5.92 Å². The third kappa shape index (κ3) is 1.40. The lowest BCUT2D eigenvalue weighted by Gasteiger charge is -2.40. The fourth-order valence-electron chi connectivity index (χ4n) is 2.51. The van der Waals surface area contributed by atoms with Crippen molar-refractivity contribution in [2.24, 2.45) is 11.7 Å². The van der Waals surface area contributed by atoms with Crippen LogP contribution in [0.25, 0.3) is 0 Å². The first kappa shape index (κ1) is 9.09. The van der Waals surface area contributed by atoms with Gasteiger partial charge in [-0.05, 0) is 25.8 Å². The average molecular weight is 204 g/mol. The quantitative estimate of drug-likeness (QED) is 0.755. The van der Waals surface area contributed by atoms with Crippen LogP contribution in [-0.2, 0) is 12.8 Å². The normalized spacial score (nSPS) is 20.2. The van der Waals surface area contributed by atoms with Crippen LogP contribution in [0.5, 0.6) is 0 Å². The smallest absolute Gasteiger partial charge is 0.135 e. The van der Waals surface area contributed by atoms with Gasteiger partial charge >= 0.3 is 0 Å². The Hall–Kier alpha value is -1.16. The first-order chi connectivity index (χ1) is 7.38. The van der Waals surface area contributed by atoms with Crippen molar-refractivity contribution in [2.45, 2.75) is 19.3 Å². The van der Waals surface area contributed by atoms with Crippen LogP contribution in [0.15, 0.2) is 6.33 Å². The largest absolute Gasteiger partial charge is 0.355 e. The number of anilines is 1. The maximum atomic E-state index is 5.63. The van der Waals surface area contributed by atoms with E-state index in [2.05, 4.69) is 14.9 Å². The number of nitrogens with two attached hydrogens (primary N) is 1. The van der Waals surface area contributed by atoms with Gasteiger partial charge in [-0.25, -0.2) is 9.97 Å². The van der Waals surface area contributed by atoms with E-state index < -0.39 is 0 Å². The summed E-state index contributed by atoms with van der Waals surface area (Å²) >= 11 is 0. The zero-order valence-corrected chi connectivity index (χ0v) is 8.82. The van der Waals surface area contributed by atoms with E-state index in [-0.39, 0.29) is 0 Å². The van der Waals surface area contributed by atoms with Gasteiger partial charge in [0.2, 0.25) is 0 Å². The zero-order chi connectivity index (χ0) is 10.3. The highest BCUT2D eigenvalue weighted by atomic mass is 15.2. The molecule has 0 aromatic carbocycles. The van der Waals surface area contributed by atoms with Gasteiger partial charge in [-0.15, -0.1) is 0 Å². The van der Waals surface area contributed by atoms with Crippen LogP contribution < -0.4 is 10.6 Å². The summed E-state index contributed by atoms with van der Waals surface area (Å²) in [5.41, 5.74) is 8.27. The van der Waals surface area contributed by atoms with Crippen molar-refractivity contribution in [1.82, 2.24) is 9.97 Å². The number of aromatic nitrogens is 2. The molecule has 1 aromatic heterocycles. The lowest BCUT2D eigenvalue weighted by molar-refractivity contribution is 0.416.